The molecule has 85 heavy (non-hydrogen) atoms. The van der Waals surface area contributed by atoms with Crippen LogP contribution in [0, 0.1) is 0 Å². The SMILES string of the molecule is CCCCCCCC/C=C\CCCCCCCCCCCC(=O)OCCCCCCCCCCC/C=C\C/C=C\CCCCCCCCCCCCCCCCCC(=O)NC(CO)C(O)/C=C/CCCCCCCCCCCCCCCCCC. The van der Waals surface area contributed by atoms with E-state index in [1.807, 2.05) is 6.08 Å². The summed E-state index contributed by atoms with van der Waals surface area (Å²) >= 11 is 0. The highest BCUT2D eigenvalue weighted by Gasteiger charge is 2.18. The molecule has 0 aromatic heterocycles. The van der Waals surface area contributed by atoms with Crippen LogP contribution in [-0.4, -0.2) is 47.4 Å². The molecule has 6 nitrogen and oxygen atoms in total. The molecule has 1 amide bonds. The minimum atomic E-state index is -0.845. The van der Waals surface area contributed by atoms with E-state index in [2.05, 4.69) is 55.6 Å². The second-order valence-electron chi connectivity index (χ2n) is 26.3. The summed E-state index contributed by atoms with van der Waals surface area (Å²) < 4.78 is 5.51. The first kappa shape index (κ1) is 82.8. The van der Waals surface area contributed by atoms with Gasteiger partial charge in [-0.1, -0.05) is 364 Å². The molecule has 0 fully saturated rings. The number of carbonyl (C=O) groups excluding carboxylic acids is 2. The maximum atomic E-state index is 12.5. The first-order valence-electron chi connectivity index (χ1n) is 38.4. The van der Waals surface area contributed by atoms with Gasteiger partial charge < -0.3 is 20.3 Å². The Bertz CT molecular complexity index is 1420. The van der Waals surface area contributed by atoms with E-state index in [4.69, 9.17) is 4.74 Å². The zero-order valence-electron chi connectivity index (χ0n) is 57.4. The minimum Gasteiger partial charge on any atom is -0.466 e. The molecule has 0 rings (SSSR count). The van der Waals surface area contributed by atoms with Crippen LogP contribution in [0.4, 0.5) is 0 Å². The lowest BCUT2D eigenvalue weighted by atomic mass is 10.0. The highest BCUT2D eigenvalue weighted by molar-refractivity contribution is 5.76. The van der Waals surface area contributed by atoms with Gasteiger partial charge in [0, 0.05) is 12.8 Å². The zero-order chi connectivity index (χ0) is 61.3. The van der Waals surface area contributed by atoms with Crippen LogP contribution >= 0.6 is 0 Å². The Hall–Kier alpha value is -2.18. The number of amides is 1. The van der Waals surface area contributed by atoms with E-state index >= 15 is 0 Å². The molecule has 0 bridgehead atoms. The van der Waals surface area contributed by atoms with Crippen LogP contribution in [0.3, 0.4) is 0 Å². The maximum absolute atomic E-state index is 12.5. The predicted molar refractivity (Wildman–Crippen MR) is 375 cm³/mol. The van der Waals surface area contributed by atoms with Gasteiger partial charge in [-0.05, 0) is 89.9 Å². The van der Waals surface area contributed by atoms with Gasteiger partial charge in [0.15, 0.2) is 0 Å². The fourth-order valence-electron chi connectivity index (χ4n) is 12.0. The van der Waals surface area contributed by atoms with Crippen molar-refractivity contribution < 1.29 is 24.5 Å². The number of rotatable bonds is 72. The minimum absolute atomic E-state index is 0.0129. The lowest BCUT2D eigenvalue weighted by Crippen LogP contribution is -2.45. The first-order valence-corrected chi connectivity index (χ1v) is 38.4. The molecule has 2 atom stereocenters. The van der Waals surface area contributed by atoms with E-state index in [1.165, 1.54) is 340 Å². The van der Waals surface area contributed by atoms with Gasteiger partial charge in [0.2, 0.25) is 5.91 Å². The van der Waals surface area contributed by atoms with Crippen LogP contribution in [0.5, 0.6) is 0 Å². The van der Waals surface area contributed by atoms with Crippen LogP contribution in [0.15, 0.2) is 48.6 Å². The smallest absolute Gasteiger partial charge is 0.305 e. The molecule has 0 heterocycles. The summed E-state index contributed by atoms with van der Waals surface area (Å²) in [5.41, 5.74) is 0. The molecule has 0 aromatic carbocycles. The second kappa shape index (κ2) is 74.3. The largest absolute Gasteiger partial charge is 0.466 e. The molecule has 0 radical (unpaired) electrons. The summed E-state index contributed by atoms with van der Waals surface area (Å²) in [6.07, 6.45) is 97.9. The predicted octanol–water partition coefficient (Wildman–Crippen LogP) is 25.2. The zero-order valence-corrected chi connectivity index (χ0v) is 57.4. The standard InChI is InChI=1S/C79H149NO5/c1-3-5-7-9-11-13-15-17-19-21-36-41-45-49-53-57-61-65-69-73-79(84)85-74-70-66-62-58-54-50-46-42-38-35-33-31-29-27-25-23-24-26-28-30-32-34-37-40-44-48-52-56-60-64-68-72-78(83)80-76(75-81)77(82)71-67-63-59-55-51-47-43-39-22-20-18-16-14-12-10-8-6-4-2/h17,19,25,27,31,33,67,71,76-77,81-82H,3-16,18,20-24,26,28-30,32,34-66,68-70,72-75H2,1-2H3,(H,80,83)/b19-17-,27-25-,33-31-,71-67+. The number of carbonyl (C=O) groups is 2. The molecule has 0 spiro atoms. The second-order valence-corrected chi connectivity index (χ2v) is 26.3. The monoisotopic (exact) mass is 1190 g/mol. The lowest BCUT2D eigenvalue weighted by Gasteiger charge is -2.20. The van der Waals surface area contributed by atoms with Gasteiger partial charge in [0.1, 0.15) is 0 Å². The molecule has 6 heteroatoms. The summed E-state index contributed by atoms with van der Waals surface area (Å²) in [6.45, 7) is 4.93. The number of aliphatic hydroxyl groups is 2. The van der Waals surface area contributed by atoms with Crippen molar-refractivity contribution >= 4 is 11.9 Å². The van der Waals surface area contributed by atoms with Crippen molar-refractivity contribution in [1.82, 2.24) is 5.32 Å². The van der Waals surface area contributed by atoms with Crippen molar-refractivity contribution in [2.45, 2.75) is 431 Å². The van der Waals surface area contributed by atoms with Gasteiger partial charge in [-0.3, -0.25) is 9.59 Å². The number of nitrogens with one attached hydrogen (secondary N) is 1. The van der Waals surface area contributed by atoms with Crippen LogP contribution < -0.4 is 5.32 Å². The highest BCUT2D eigenvalue weighted by atomic mass is 16.5. The molecule has 0 saturated heterocycles. The topological polar surface area (TPSA) is 95.9 Å². The van der Waals surface area contributed by atoms with Crippen molar-refractivity contribution in [1.29, 1.82) is 0 Å². The normalized spacial score (nSPS) is 12.8. The van der Waals surface area contributed by atoms with Gasteiger partial charge >= 0.3 is 5.97 Å². The maximum Gasteiger partial charge on any atom is 0.305 e. The Morgan fingerprint density at radius 1 is 0.329 bits per heavy atom. The van der Waals surface area contributed by atoms with Gasteiger partial charge in [-0.15, -0.1) is 0 Å². The van der Waals surface area contributed by atoms with Gasteiger partial charge in [0.05, 0.1) is 25.4 Å². The summed E-state index contributed by atoms with van der Waals surface area (Å²) in [6, 6.07) is -0.629. The number of hydrogen-bond acceptors (Lipinski definition) is 5. The number of allylic oxidation sites excluding steroid dienone is 7. The van der Waals surface area contributed by atoms with E-state index < -0.39 is 12.1 Å². The summed E-state index contributed by atoms with van der Waals surface area (Å²) in [5, 5.41) is 23.2. The van der Waals surface area contributed by atoms with Gasteiger partial charge in [0.25, 0.3) is 0 Å². The molecule has 0 aliphatic heterocycles. The number of unbranched alkanes of at least 4 members (excludes halogenated alkanes) is 55. The highest BCUT2D eigenvalue weighted by Crippen LogP contribution is 2.19. The third-order valence-corrected chi connectivity index (χ3v) is 17.8. The summed E-state index contributed by atoms with van der Waals surface area (Å²) in [4.78, 5) is 24.6. The van der Waals surface area contributed by atoms with Gasteiger partial charge in [-0.2, -0.15) is 0 Å². The molecule has 0 aliphatic rings. The van der Waals surface area contributed by atoms with E-state index in [0.717, 1.165) is 51.4 Å². The van der Waals surface area contributed by atoms with Crippen molar-refractivity contribution in [2.75, 3.05) is 13.2 Å². The van der Waals surface area contributed by atoms with Crippen LogP contribution in [0.25, 0.3) is 0 Å². The van der Waals surface area contributed by atoms with Crippen molar-refractivity contribution in [3.05, 3.63) is 48.6 Å². The lowest BCUT2D eigenvalue weighted by molar-refractivity contribution is -0.143. The number of ether oxygens (including phenoxy) is 1. The molecular formula is C79H149NO5. The van der Waals surface area contributed by atoms with Crippen molar-refractivity contribution in [3.8, 4) is 0 Å². The third-order valence-electron chi connectivity index (χ3n) is 17.8. The van der Waals surface area contributed by atoms with Crippen LogP contribution in [-0.2, 0) is 14.3 Å². The first-order chi connectivity index (χ1) is 42.0. The molecule has 2 unspecified atom stereocenters. The summed E-state index contributed by atoms with van der Waals surface area (Å²) in [7, 11) is 0. The summed E-state index contributed by atoms with van der Waals surface area (Å²) in [5.74, 6) is -0.0514. The fraction of sp³-hybridized carbons (Fsp3) is 0.873. The van der Waals surface area contributed by atoms with Crippen LogP contribution in [0.1, 0.15) is 418 Å². The van der Waals surface area contributed by atoms with E-state index in [-0.39, 0.29) is 18.5 Å². The van der Waals surface area contributed by atoms with Gasteiger partial charge in [-0.25, -0.2) is 0 Å². The number of aliphatic hydroxyl groups excluding tert-OH is 2. The molecule has 0 aromatic rings. The Kier molecular flexibility index (Phi) is 72.4. The Balaban J connectivity index is 3.40. The van der Waals surface area contributed by atoms with Crippen molar-refractivity contribution in [3.63, 3.8) is 0 Å². The third kappa shape index (κ3) is 70.8. The quantitative estimate of drug-likeness (QED) is 0.0320. The van der Waals surface area contributed by atoms with Crippen molar-refractivity contribution in [2.24, 2.45) is 0 Å². The molecule has 3 N–H and O–H groups in total. The fourth-order valence-corrected chi connectivity index (χ4v) is 12.0. The molecular weight excluding hydrogens is 1040 g/mol. The average molecular weight is 1190 g/mol. The van der Waals surface area contributed by atoms with E-state index in [0.29, 0.717) is 19.4 Å². The Labute approximate surface area is 531 Å². The number of hydrogen-bond donors (Lipinski definition) is 3. The molecule has 0 aliphatic carbocycles. The van der Waals surface area contributed by atoms with Crippen LogP contribution in [0.2, 0.25) is 0 Å². The number of esters is 1. The van der Waals surface area contributed by atoms with E-state index in [9.17, 15) is 19.8 Å². The molecule has 0 saturated carbocycles. The molecule has 500 valence electrons. The Morgan fingerprint density at radius 3 is 0.906 bits per heavy atom. The average Bonchev–Trinajstić information content (AvgIpc) is 3.51. The Morgan fingerprint density at radius 2 is 0.588 bits per heavy atom. The van der Waals surface area contributed by atoms with E-state index in [1.54, 1.807) is 6.08 Å².